The number of rotatable bonds is 6. The van der Waals surface area contributed by atoms with E-state index in [1.165, 1.54) is 29.2 Å². The van der Waals surface area contributed by atoms with Crippen LogP contribution in [0.4, 0.5) is 15.2 Å². The molecule has 1 saturated heterocycles. The van der Waals surface area contributed by atoms with Gasteiger partial charge in [-0.15, -0.1) is 10.2 Å². The summed E-state index contributed by atoms with van der Waals surface area (Å²) in [5.41, 5.74) is 0.359. The number of carbonyl (C=O) groups is 1. The lowest BCUT2D eigenvalue weighted by molar-refractivity contribution is -0.132. The second kappa shape index (κ2) is 8.79. The molecule has 6 nitrogen and oxygen atoms in total. The molecule has 0 spiro atoms. The van der Waals surface area contributed by atoms with Crippen molar-refractivity contribution < 1.29 is 9.18 Å². The lowest BCUT2D eigenvalue weighted by Gasteiger charge is -2.35. The Labute approximate surface area is 160 Å². The number of nitrogens with one attached hydrogen (secondary N) is 1. The van der Waals surface area contributed by atoms with Crippen LogP contribution < -0.4 is 5.32 Å². The van der Waals surface area contributed by atoms with Gasteiger partial charge in [0.15, 0.2) is 4.34 Å². The number of benzene rings is 1. The first-order chi connectivity index (χ1) is 12.6. The number of amides is 1. The normalized spacial score (nSPS) is 16.5. The number of likely N-dealkylation sites (N-methyl/N-ethyl adjacent to an activating group) is 1. The van der Waals surface area contributed by atoms with E-state index < -0.39 is 0 Å². The summed E-state index contributed by atoms with van der Waals surface area (Å²) in [5, 5.41) is 11.3. The fourth-order valence-corrected chi connectivity index (χ4v) is 4.72. The van der Waals surface area contributed by atoms with Crippen molar-refractivity contribution >= 4 is 39.8 Å². The maximum absolute atomic E-state index is 13.7. The van der Waals surface area contributed by atoms with Gasteiger partial charge in [-0.05, 0) is 25.6 Å². The van der Waals surface area contributed by atoms with E-state index in [0.29, 0.717) is 15.2 Å². The minimum absolute atomic E-state index is 0.129. The molecule has 1 atom stereocenters. The highest BCUT2D eigenvalue weighted by Crippen LogP contribution is 2.31. The molecule has 1 N–H and O–H groups in total. The minimum atomic E-state index is -0.341. The van der Waals surface area contributed by atoms with Crippen LogP contribution in [0.5, 0.6) is 0 Å². The number of hydrogen-bond acceptors (Lipinski definition) is 7. The monoisotopic (exact) mass is 395 g/mol. The molecule has 0 aliphatic carbocycles. The molecule has 1 aromatic heterocycles. The third kappa shape index (κ3) is 4.72. The molecule has 1 aliphatic rings. The number of carbonyl (C=O) groups excluding carboxylic acids is 1. The number of thioether (sulfide) groups is 1. The molecule has 2 aromatic rings. The van der Waals surface area contributed by atoms with Gasteiger partial charge in [0, 0.05) is 26.2 Å². The first-order valence-electron chi connectivity index (χ1n) is 8.59. The standard InChI is InChI=1S/C17H22FN5OS2/c1-3-22-8-10-23(11-9-22)15(24)12(2)25-17-21-20-16(26-17)19-14-7-5-4-6-13(14)18/h4-7,12H,3,8-11H2,1-2H3,(H,19,20). The molecule has 1 aromatic carbocycles. The molecular weight excluding hydrogens is 373 g/mol. The largest absolute Gasteiger partial charge is 0.339 e. The first kappa shape index (κ1) is 19.1. The quantitative estimate of drug-likeness (QED) is 0.759. The molecular formula is C17H22FN5OS2. The third-order valence-electron chi connectivity index (χ3n) is 4.28. The van der Waals surface area contributed by atoms with Crippen LogP contribution in [0.1, 0.15) is 13.8 Å². The van der Waals surface area contributed by atoms with Crippen molar-refractivity contribution in [3.8, 4) is 0 Å². The highest BCUT2D eigenvalue weighted by Gasteiger charge is 2.26. The second-order valence-electron chi connectivity index (χ2n) is 6.00. The third-order valence-corrected chi connectivity index (χ3v) is 6.29. The Morgan fingerprint density at radius 2 is 2.04 bits per heavy atom. The molecule has 1 aliphatic heterocycles. The van der Waals surface area contributed by atoms with Gasteiger partial charge in [0.1, 0.15) is 5.82 Å². The van der Waals surface area contributed by atoms with Crippen LogP contribution in [0.3, 0.4) is 0 Å². The molecule has 2 heterocycles. The van der Waals surface area contributed by atoms with Crippen LogP contribution in [-0.2, 0) is 4.79 Å². The minimum Gasteiger partial charge on any atom is -0.339 e. The van der Waals surface area contributed by atoms with E-state index in [9.17, 15) is 9.18 Å². The highest BCUT2D eigenvalue weighted by molar-refractivity contribution is 8.02. The van der Waals surface area contributed by atoms with Gasteiger partial charge in [-0.2, -0.15) is 0 Å². The van der Waals surface area contributed by atoms with Crippen LogP contribution in [0.15, 0.2) is 28.6 Å². The predicted molar refractivity (Wildman–Crippen MR) is 104 cm³/mol. The first-order valence-corrected chi connectivity index (χ1v) is 10.3. The molecule has 0 saturated carbocycles. The lowest BCUT2D eigenvalue weighted by Crippen LogP contribution is -2.50. The number of nitrogens with zero attached hydrogens (tertiary/aromatic N) is 4. The average molecular weight is 396 g/mol. The van der Waals surface area contributed by atoms with Crippen molar-refractivity contribution in [3.05, 3.63) is 30.1 Å². The Balaban J connectivity index is 1.55. The van der Waals surface area contributed by atoms with Crippen molar-refractivity contribution in [2.45, 2.75) is 23.4 Å². The Morgan fingerprint density at radius 3 is 2.73 bits per heavy atom. The number of para-hydroxylation sites is 1. The van der Waals surface area contributed by atoms with Gasteiger partial charge in [-0.25, -0.2) is 4.39 Å². The second-order valence-corrected chi connectivity index (χ2v) is 8.56. The van der Waals surface area contributed by atoms with Crippen molar-refractivity contribution in [1.29, 1.82) is 0 Å². The molecule has 26 heavy (non-hydrogen) atoms. The average Bonchev–Trinajstić information content (AvgIpc) is 3.10. The van der Waals surface area contributed by atoms with Gasteiger partial charge in [0.05, 0.1) is 10.9 Å². The molecule has 3 rings (SSSR count). The SMILES string of the molecule is CCN1CCN(C(=O)C(C)Sc2nnc(Nc3ccccc3F)s2)CC1. The summed E-state index contributed by atoms with van der Waals surface area (Å²) in [6.07, 6.45) is 0. The molecule has 0 radical (unpaired) electrons. The van der Waals surface area contributed by atoms with Crippen LogP contribution in [-0.4, -0.2) is 63.9 Å². The van der Waals surface area contributed by atoms with Gasteiger partial charge in [0.25, 0.3) is 0 Å². The Morgan fingerprint density at radius 1 is 1.31 bits per heavy atom. The molecule has 9 heteroatoms. The number of hydrogen-bond donors (Lipinski definition) is 1. The predicted octanol–water partition coefficient (Wildman–Crippen LogP) is 3.07. The van der Waals surface area contributed by atoms with Crippen LogP contribution in [0, 0.1) is 5.82 Å². The van der Waals surface area contributed by atoms with Gasteiger partial charge in [-0.3, -0.25) is 4.79 Å². The van der Waals surface area contributed by atoms with Crippen molar-refractivity contribution in [3.63, 3.8) is 0 Å². The van der Waals surface area contributed by atoms with Gasteiger partial charge in [0.2, 0.25) is 11.0 Å². The molecule has 0 bridgehead atoms. The van der Waals surface area contributed by atoms with Crippen LogP contribution in [0.2, 0.25) is 0 Å². The highest BCUT2D eigenvalue weighted by atomic mass is 32.2. The van der Waals surface area contributed by atoms with E-state index in [1.54, 1.807) is 18.2 Å². The van der Waals surface area contributed by atoms with Crippen molar-refractivity contribution in [1.82, 2.24) is 20.0 Å². The Bertz CT molecular complexity index is 748. The summed E-state index contributed by atoms with van der Waals surface area (Å²) >= 11 is 2.71. The van der Waals surface area contributed by atoms with Gasteiger partial charge >= 0.3 is 0 Å². The van der Waals surface area contributed by atoms with E-state index in [0.717, 1.165) is 32.7 Å². The van der Waals surface area contributed by atoms with Gasteiger partial charge < -0.3 is 15.1 Å². The zero-order valence-corrected chi connectivity index (χ0v) is 16.4. The van der Waals surface area contributed by atoms with E-state index >= 15 is 0 Å². The van der Waals surface area contributed by atoms with E-state index in [1.807, 2.05) is 11.8 Å². The fraction of sp³-hybridized carbons (Fsp3) is 0.471. The van der Waals surface area contributed by atoms with Crippen LogP contribution in [0.25, 0.3) is 0 Å². The number of aromatic nitrogens is 2. The number of halogens is 1. The fourth-order valence-electron chi connectivity index (χ4n) is 2.73. The Kier molecular flexibility index (Phi) is 6.44. The number of anilines is 2. The van der Waals surface area contributed by atoms with E-state index in [2.05, 4.69) is 27.3 Å². The maximum Gasteiger partial charge on any atom is 0.235 e. The van der Waals surface area contributed by atoms with Gasteiger partial charge in [-0.1, -0.05) is 42.2 Å². The summed E-state index contributed by atoms with van der Waals surface area (Å²) in [4.78, 5) is 16.9. The summed E-state index contributed by atoms with van der Waals surface area (Å²) < 4.78 is 14.4. The van der Waals surface area contributed by atoms with Crippen molar-refractivity contribution in [2.24, 2.45) is 0 Å². The van der Waals surface area contributed by atoms with E-state index in [-0.39, 0.29) is 17.0 Å². The van der Waals surface area contributed by atoms with Crippen LogP contribution >= 0.6 is 23.1 Å². The summed E-state index contributed by atoms with van der Waals surface area (Å²) in [6.45, 7) is 8.45. The molecule has 140 valence electrons. The molecule has 1 unspecified atom stereocenters. The smallest absolute Gasteiger partial charge is 0.235 e. The lowest BCUT2D eigenvalue weighted by atomic mass is 10.3. The topological polar surface area (TPSA) is 61.4 Å². The molecule has 1 fully saturated rings. The summed E-state index contributed by atoms with van der Waals surface area (Å²) in [7, 11) is 0. The molecule has 1 amide bonds. The zero-order chi connectivity index (χ0) is 18.5. The summed E-state index contributed by atoms with van der Waals surface area (Å²) in [5.74, 6) is -0.212. The zero-order valence-electron chi connectivity index (χ0n) is 14.8. The summed E-state index contributed by atoms with van der Waals surface area (Å²) in [6, 6.07) is 6.42. The Hall–Kier alpha value is -1.71. The maximum atomic E-state index is 13.7. The van der Waals surface area contributed by atoms with E-state index in [4.69, 9.17) is 0 Å². The number of piperazine rings is 1. The van der Waals surface area contributed by atoms with Crippen molar-refractivity contribution in [2.75, 3.05) is 38.0 Å².